The fraction of sp³-hybridized carbons (Fsp3) is 0.370. The topological polar surface area (TPSA) is 68.7 Å². The minimum Gasteiger partial charge on any atom is -0.484 e. The molecule has 3 aromatic rings. The van der Waals surface area contributed by atoms with Crippen molar-refractivity contribution >= 4 is 34.4 Å². The van der Waals surface area contributed by atoms with Gasteiger partial charge < -0.3 is 14.4 Å². The van der Waals surface area contributed by atoms with Gasteiger partial charge in [-0.2, -0.15) is 0 Å². The number of pyridine rings is 1. The minimum absolute atomic E-state index is 0.0146. The van der Waals surface area contributed by atoms with E-state index in [1.54, 1.807) is 24.3 Å². The Morgan fingerprint density at radius 3 is 2.47 bits per heavy atom. The van der Waals surface area contributed by atoms with Gasteiger partial charge in [0.1, 0.15) is 17.5 Å². The molecule has 0 aliphatic carbocycles. The summed E-state index contributed by atoms with van der Waals surface area (Å²) in [6, 6.07) is 14.8. The molecule has 7 heteroatoms. The number of ether oxygens (including phenoxy) is 2. The minimum atomic E-state index is -0.473. The summed E-state index contributed by atoms with van der Waals surface area (Å²) < 4.78 is 11.1. The van der Waals surface area contributed by atoms with Crippen molar-refractivity contribution in [2.24, 2.45) is 0 Å². The molecule has 1 aromatic heterocycles. The second kappa shape index (κ2) is 10.4. The van der Waals surface area contributed by atoms with Gasteiger partial charge in [-0.25, -0.2) is 9.78 Å². The number of fused-ring (bicyclic) bond motifs is 1. The molecule has 2 aromatic carbocycles. The number of rotatable bonds is 6. The first-order valence-electron chi connectivity index (χ1n) is 11.6. The average Bonchev–Trinajstić information content (AvgIpc) is 2.81. The van der Waals surface area contributed by atoms with Gasteiger partial charge in [0.2, 0.25) is 0 Å². The van der Waals surface area contributed by atoms with Crippen molar-refractivity contribution in [3.05, 3.63) is 70.4 Å². The molecule has 1 aliphatic heterocycles. The van der Waals surface area contributed by atoms with Gasteiger partial charge >= 0.3 is 5.97 Å². The van der Waals surface area contributed by atoms with Gasteiger partial charge in [0, 0.05) is 23.0 Å². The lowest BCUT2D eigenvalue weighted by molar-refractivity contribution is -0.139. The molecule has 0 radical (unpaired) electrons. The lowest BCUT2D eigenvalue weighted by Crippen LogP contribution is -2.49. The monoisotopic (exact) mass is 480 g/mol. The molecule has 2 heterocycles. The summed E-state index contributed by atoms with van der Waals surface area (Å²) in [6.07, 6.45) is 3.19. The molecule has 34 heavy (non-hydrogen) atoms. The zero-order valence-corrected chi connectivity index (χ0v) is 20.5. The van der Waals surface area contributed by atoms with Crippen molar-refractivity contribution in [2.75, 3.05) is 6.61 Å². The number of esters is 1. The van der Waals surface area contributed by atoms with Crippen LogP contribution in [0.2, 0.25) is 5.15 Å². The largest absolute Gasteiger partial charge is 0.484 e. The first-order valence-corrected chi connectivity index (χ1v) is 12.0. The van der Waals surface area contributed by atoms with Crippen molar-refractivity contribution in [2.45, 2.75) is 58.7 Å². The molecular weight excluding hydrogens is 452 g/mol. The summed E-state index contributed by atoms with van der Waals surface area (Å²) in [4.78, 5) is 31.5. The van der Waals surface area contributed by atoms with Crippen LogP contribution in [0.15, 0.2) is 48.5 Å². The zero-order valence-electron chi connectivity index (χ0n) is 19.7. The molecule has 0 unspecified atom stereocenters. The fourth-order valence-corrected chi connectivity index (χ4v) is 4.65. The quantitative estimate of drug-likeness (QED) is 0.333. The number of hydrogen-bond acceptors (Lipinski definition) is 5. The molecule has 1 aliphatic rings. The fourth-order valence-electron chi connectivity index (χ4n) is 4.44. The highest BCUT2D eigenvalue weighted by Crippen LogP contribution is 2.24. The van der Waals surface area contributed by atoms with Crippen LogP contribution in [-0.4, -0.2) is 40.5 Å². The normalized spacial score (nSPS) is 18.1. The van der Waals surface area contributed by atoms with Gasteiger partial charge in [-0.3, -0.25) is 4.79 Å². The third kappa shape index (κ3) is 5.50. The number of carbonyl (C=O) groups is 2. The van der Waals surface area contributed by atoms with Crippen LogP contribution in [-0.2, 0) is 16.1 Å². The number of benzene rings is 2. The Balaban J connectivity index is 1.32. The highest BCUT2D eigenvalue weighted by Gasteiger charge is 2.29. The van der Waals surface area contributed by atoms with Crippen LogP contribution < -0.4 is 4.74 Å². The number of likely N-dealkylation sites (tertiary alicyclic amines) is 1. The van der Waals surface area contributed by atoms with Crippen molar-refractivity contribution < 1.29 is 19.1 Å². The Morgan fingerprint density at radius 2 is 1.76 bits per heavy atom. The van der Waals surface area contributed by atoms with E-state index in [-0.39, 0.29) is 31.2 Å². The van der Waals surface area contributed by atoms with Crippen LogP contribution in [0.5, 0.6) is 5.75 Å². The van der Waals surface area contributed by atoms with E-state index in [1.165, 1.54) is 0 Å². The SMILES string of the molecule is Cc1ccc2cc(COC(=O)c3ccc(OCC(=O)N4[C@H](C)CCC[C@@H]4C)cc3)c(Cl)nc2c1. The third-order valence-electron chi connectivity index (χ3n) is 6.29. The summed E-state index contributed by atoms with van der Waals surface area (Å²) in [5.74, 6) is 0.0390. The number of aromatic nitrogens is 1. The van der Waals surface area contributed by atoms with Crippen LogP contribution in [0.3, 0.4) is 0 Å². The Hall–Kier alpha value is -3.12. The number of halogens is 1. The van der Waals surface area contributed by atoms with E-state index in [0.29, 0.717) is 22.0 Å². The number of amides is 1. The van der Waals surface area contributed by atoms with E-state index in [1.807, 2.05) is 36.1 Å². The van der Waals surface area contributed by atoms with E-state index in [9.17, 15) is 9.59 Å². The Bertz CT molecular complexity index is 1190. The van der Waals surface area contributed by atoms with E-state index in [4.69, 9.17) is 21.1 Å². The molecule has 0 N–H and O–H groups in total. The van der Waals surface area contributed by atoms with Crippen LogP contribution in [0.25, 0.3) is 10.9 Å². The molecular formula is C27H29ClN2O4. The molecule has 1 amide bonds. The number of aryl methyl sites for hydroxylation is 1. The smallest absolute Gasteiger partial charge is 0.338 e. The summed E-state index contributed by atoms with van der Waals surface area (Å²) in [7, 11) is 0. The van der Waals surface area contributed by atoms with Crippen molar-refractivity contribution in [1.29, 1.82) is 0 Å². The molecule has 0 saturated carbocycles. The number of carbonyl (C=O) groups excluding carboxylic acids is 2. The lowest BCUT2D eigenvalue weighted by Gasteiger charge is -2.38. The van der Waals surface area contributed by atoms with E-state index in [0.717, 1.165) is 35.7 Å². The summed E-state index contributed by atoms with van der Waals surface area (Å²) in [5, 5.41) is 1.25. The Kier molecular flexibility index (Phi) is 7.37. The molecule has 6 nitrogen and oxygen atoms in total. The van der Waals surface area contributed by atoms with Gasteiger partial charge in [-0.05, 0) is 82.0 Å². The van der Waals surface area contributed by atoms with Crippen LogP contribution in [0, 0.1) is 6.92 Å². The average molecular weight is 481 g/mol. The van der Waals surface area contributed by atoms with Gasteiger partial charge in [-0.15, -0.1) is 0 Å². The number of nitrogens with zero attached hydrogens (tertiary/aromatic N) is 2. The van der Waals surface area contributed by atoms with Gasteiger partial charge in [0.05, 0.1) is 11.1 Å². The van der Waals surface area contributed by atoms with E-state index in [2.05, 4.69) is 18.8 Å². The van der Waals surface area contributed by atoms with Crippen LogP contribution in [0.1, 0.15) is 54.6 Å². The first kappa shape index (κ1) is 24.0. The zero-order chi connectivity index (χ0) is 24.2. The Labute approximate surface area is 204 Å². The standard InChI is InChI=1S/C27H29ClN2O4/c1-17-7-8-21-14-22(26(28)29-24(21)13-17)15-34-27(32)20-9-11-23(12-10-20)33-16-25(31)30-18(2)5-4-6-19(30)3/h7-14,18-19H,4-6,15-16H2,1-3H3/t18-,19+. The van der Waals surface area contributed by atoms with Crippen LogP contribution >= 0.6 is 11.6 Å². The van der Waals surface area contributed by atoms with Crippen molar-refractivity contribution in [3.63, 3.8) is 0 Å². The number of hydrogen-bond donors (Lipinski definition) is 0. The molecule has 0 bridgehead atoms. The predicted molar refractivity (Wildman–Crippen MR) is 132 cm³/mol. The van der Waals surface area contributed by atoms with Gasteiger partial charge in [0.25, 0.3) is 5.91 Å². The van der Waals surface area contributed by atoms with Crippen molar-refractivity contribution in [1.82, 2.24) is 9.88 Å². The predicted octanol–water partition coefficient (Wildman–Crippen LogP) is 5.72. The lowest BCUT2D eigenvalue weighted by atomic mass is 9.97. The Morgan fingerprint density at radius 1 is 1.06 bits per heavy atom. The summed E-state index contributed by atoms with van der Waals surface area (Å²) >= 11 is 6.29. The maximum absolute atomic E-state index is 12.6. The highest BCUT2D eigenvalue weighted by molar-refractivity contribution is 6.30. The molecule has 0 spiro atoms. The molecule has 4 rings (SSSR count). The summed E-state index contributed by atoms with van der Waals surface area (Å²) in [5.41, 5.74) is 2.93. The molecule has 178 valence electrons. The highest BCUT2D eigenvalue weighted by atomic mass is 35.5. The van der Waals surface area contributed by atoms with E-state index < -0.39 is 5.97 Å². The van der Waals surface area contributed by atoms with Crippen molar-refractivity contribution in [3.8, 4) is 5.75 Å². The molecule has 1 fully saturated rings. The second-order valence-electron chi connectivity index (χ2n) is 8.95. The second-order valence-corrected chi connectivity index (χ2v) is 9.31. The van der Waals surface area contributed by atoms with Gasteiger partial charge in [0.15, 0.2) is 6.61 Å². The van der Waals surface area contributed by atoms with Gasteiger partial charge in [-0.1, -0.05) is 23.7 Å². The summed E-state index contributed by atoms with van der Waals surface area (Å²) in [6.45, 7) is 6.15. The maximum Gasteiger partial charge on any atom is 0.338 e. The number of piperidine rings is 1. The molecule has 1 saturated heterocycles. The third-order valence-corrected chi connectivity index (χ3v) is 6.62. The first-order chi connectivity index (χ1) is 16.3. The van der Waals surface area contributed by atoms with E-state index >= 15 is 0 Å². The molecule has 2 atom stereocenters. The maximum atomic E-state index is 12.6. The van der Waals surface area contributed by atoms with Crippen LogP contribution in [0.4, 0.5) is 0 Å².